The molecule has 0 rings (SSSR count). The molecule has 0 aromatic heterocycles. The van der Waals surface area contributed by atoms with E-state index >= 15 is 0 Å². The molecule has 0 saturated carbocycles. The summed E-state index contributed by atoms with van der Waals surface area (Å²) in [6.07, 6.45) is -10.1. The van der Waals surface area contributed by atoms with Crippen molar-refractivity contribution >= 4 is 12.1 Å². The maximum absolute atomic E-state index is 13.7. The number of carbonyl (C=O) groups excluding carboxylic acids is 2. The minimum Gasteiger partial charge on any atom is -0.464 e. The van der Waals surface area contributed by atoms with Crippen LogP contribution in [0.5, 0.6) is 0 Å². The predicted molar refractivity (Wildman–Crippen MR) is 109 cm³/mol. The topological polar surface area (TPSA) is 64.6 Å². The molecule has 0 spiro atoms. The number of halogens is 15. The molecule has 0 unspecified atom stereocenters. The van der Waals surface area contributed by atoms with Gasteiger partial charge in [-0.05, 0) is 6.42 Å². The van der Waals surface area contributed by atoms with Gasteiger partial charge >= 0.3 is 47.9 Å². The van der Waals surface area contributed by atoms with Crippen molar-refractivity contribution in [2.45, 2.75) is 100 Å². The number of hydrogen-bond donors (Lipinski definition) is 1. The second kappa shape index (κ2) is 14.2. The van der Waals surface area contributed by atoms with Crippen LogP contribution in [0.3, 0.4) is 0 Å². The van der Waals surface area contributed by atoms with E-state index in [9.17, 15) is 75.4 Å². The number of esters is 1. The molecule has 0 radical (unpaired) electrons. The van der Waals surface area contributed by atoms with Gasteiger partial charge in [0.1, 0.15) is 6.54 Å². The largest absolute Gasteiger partial charge is 0.464 e. The van der Waals surface area contributed by atoms with Gasteiger partial charge in [-0.1, -0.05) is 39.0 Å². The third-order valence-corrected chi connectivity index (χ3v) is 5.32. The van der Waals surface area contributed by atoms with Crippen molar-refractivity contribution in [2.24, 2.45) is 0 Å². The molecule has 0 aliphatic heterocycles. The molecule has 0 fully saturated rings. The first-order valence-corrected chi connectivity index (χ1v) is 11.7. The third kappa shape index (κ3) is 9.89. The highest BCUT2D eigenvalue weighted by Gasteiger charge is 2.90. The van der Waals surface area contributed by atoms with Crippen molar-refractivity contribution in [3.8, 4) is 0 Å². The summed E-state index contributed by atoms with van der Waals surface area (Å²) in [7, 11) is 0. The van der Waals surface area contributed by atoms with Crippen molar-refractivity contribution in [1.29, 1.82) is 0 Å². The second-order valence-corrected chi connectivity index (χ2v) is 8.76. The van der Waals surface area contributed by atoms with Crippen molar-refractivity contribution in [3.05, 3.63) is 0 Å². The minimum atomic E-state index is -8.21. The van der Waals surface area contributed by atoms with Gasteiger partial charge in [0.05, 0.1) is 19.6 Å². The lowest BCUT2D eigenvalue weighted by Crippen LogP contribution is -2.70. The number of rotatable bonds is 18. The molecule has 1 amide bonds. The molecule has 244 valence electrons. The molecule has 0 saturated heterocycles. The molecule has 20 heteroatoms. The highest BCUT2D eigenvalue weighted by molar-refractivity contribution is 5.77. The molecule has 0 aliphatic carbocycles. The van der Waals surface area contributed by atoms with Crippen LogP contribution in [-0.4, -0.2) is 73.5 Å². The molecule has 0 aromatic carbocycles. The fourth-order valence-corrected chi connectivity index (χ4v) is 2.93. The normalized spacial score (nSPS) is 14.1. The first-order chi connectivity index (χ1) is 18.3. The van der Waals surface area contributed by atoms with Gasteiger partial charge in [-0.3, -0.25) is 4.79 Å². The van der Waals surface area contributed by atoms with Gasteiger partial charge in [-0.15, -0.1) is 0 Å². The van der Waals surface area contributed by atoms with Gasteiger partial charge in [0.15, 0.2) is 0 Å². The van der Waals surface area contributed by atoms with Crippen molar-refractivity contribution in [3.63, 3.8) is 0 Å². The second-order valence-electron chi connectivity index (χ2n) is 8.76. The highest BCUT2D eigenvalue weighted by atomic mass is 19.4. The summed E-state index contributed by atoms with van der Waals surface area (Å²) in [6, 6.07) is 0. The van der Waals surface area contributed by atoms with Crippen molar-refractivity contribution < 1.29 is 84.9 Å². The number of carbonyl (C=O) groups is 2. The van der Waals surface area contributed by atoms with Crippen LogP contribution in [-0.2, 0) is 14.3 Å². The van der Waals surface area contributed by atoms with E-state index in [1.807, 2.05) is 6.92 Å². The lowest BCUT2D eigenvalue weighted by Gasteiger charge is -2.40. The Morgan fingerprint density at radius 3 is 1.61 bits per heavy atom. The lowest BCUT2D eigenvalue weighted by atomic mass is 9.91. The van der Waals surface area contributed by atoms with Crippen LogP contribution in [0.4, 0.5) is 70.7 Å². The summed E-state index contributed by atoms with van der Waals surface area (Å²) in [5, 5.41) is 1.68. The number of ether oxygens (including phenoxy) is 2. The molecule has 0 atom stereocenters. The fraction of sp³-hybridized carbons (Fsp3) is 0.905. The van der Waals surface area contributed by atoms with E-state index < -0.39 is 79.8 Å². The zero-order chi connectivity index (χ0) is 32.6. The summed E-state index contributed by atoms with van der Waals surface area (Å²) < 4.78 is 206. The van der Waals surface area contributed by atoms with E-state index in [1.54, 1.807) is 5.32 Å². The Labute approximate surface area is 223 Å². The van der Waals surface area contributed by atoms with E-state index in [2.05, 4.69) is 4.74 Å². The Hall–Kier alpha value is -2.31. The highest BCUT2D eigenvalue weighted by Crippen LogP contribution is 2.61. The molecule has 5 nitrogen and oxygen atoms in total. The minimum absolute atomic E-state index is 0.0222. The zero-order valence-corrected chi connectivity index (χ0v) is 21.1. The first kappa shape index (κ1) is 38.7. The summed E-state index contributed by atoms with van der Waals surface area (Å²) in [5.74, 6) is -45.5. The van der Waals surface area contributed by atoms with E-state index in [1.165, 1.54) is 0 Å². The van der Waals surface area contributed by atoms with Crippen LogP contribution in [0.25, 0.3) is 0 Å². The van der Waals surface area contributed by atoms with Crippen molar-refractivity contribution in [1.82, 2.24) is 5.32 Å². The smallest absolute Gasteiger partial charge is 0.460 e. The van der Waals surface area contributed by atoms with Crippen LogP contribution in [0, 0.1) is 0 Å². The van der Waals surface area contributed by atoms with Gasteiger partial charge in [0.2, 0.25) is 0 Å². The average Bonchev–Trinajstić information content (AvgIpc) is 2.80. The molecule has 0 aliphatic rings. The number of alkyl carbamates (subject to hydrolysis) is 1. The van der Waals surface area contributed by atoms with E-state index in [4.69, 9.17) is 4.74 Å². The van der Waals surface area contributed by atoms with Gasteiger partial charge in [0.25, 0.3) is 5.92 Å². The summed E-state index contributed by atoms with van der Waals surface area (Å²) in [5.41, 5.74) is 0. The maximum Gasteiger partial charge on any atom is 0.460 e. The van der Waals surface area contributed by atoms with Crippen LogP contribution in [0.2, 0.25) is 0 Å². The number of amides is 1. The fourth-order valence-electron chi connectivity index (χ4n) is 2.93. The van der Waals surface area contributed by atoms with Gasteiger partial charge in [0, 0.05) is 6.42 Å². The molecular weight excluding hydrogens is 615 g/mol. The lowest BCUT2D eigenvalue weighted by molar-refractivity contribution is -0.442. The maximum atomic E-state index is 13.7. The van der Waals surface area contributed by atoms with Crippen molar-refractivity contribution in [2.75, 3.05) is 19.8 Å². The molecule has 0 aromatic rings. The Kier molecular flexibility index (Phi) is 13.4. The predicted octanol–water partition coefficient (Wildman–Crippen LogP) is 7.77. The molecule has 0 heterocycles. The van der Waals surface area contributed by atoms with Crippen LogP contribution in [0.15, 0.2) is 0 Å². The Morgan fingerprint density at radius 2 is 1.10 bits per heavy atom. The van der Waals surface area contributed by atoms with Gasteiger partial charge in [-0.2, -0.15) is 57.1 Å². The number of nitrogens with one attached hydrogen (secondary N) is 1. The van der Waals surface area contributed by atoms with E-state index in [0.717, 1.165) is 32.1 Å². The summed E-state index contributed by atoms with van der Waals surface area (Å²) in [4.78, 5) is 22.8. The number of hydrogen-bond acceptors (Lipinski definition) is 4. The monoisotopic (exact) mass is 641 g/mol. The van der Waals surface area contributed by atoms with E-state index in [0.29, 0.717) is 6.42 Å². The molecule has 41 heavy (non-hydrogen) atoms. The first-order valence-electron chi connectivity index (χ1n) is 11.7. The Balaban J connectivity index is 4.98. The van der Waals surface area contributed by atoms with Crippen LogP contribution in [0.1, 0.15) is 58.3 Å². The Morgan fingerprint density at radius 1 is 0.610 bits per heavy atom. The average molecular weight is 641 g/mol. The molecule has 0 bridgehead atoms. The summed E-state index contributed by atoms with van der Waals surface area (Å²) >= 11 is 0. The molecule has 1 N–H and O–H groups in total. The SMILES string of the molecule is CCCCCCCCOC(=O)CNC(=O)OCCC(F)(F)CC(F)(F)C(F)(F)C(F)(F)C(F)(F)C(F)(F)C(F)(F)F. The molecular formula is C21H26F15NO4. The van der Waals surface area contributed by atoms with Gasteiger partial charge in [-0.25, -0.2) is 13.6 Å². The summed E-state index contributed by atoms with van der Waals surface area (Å²) in [6.45, 7) is -0.498. The van der Waals surface area contributed by atoms with E-state index in [-0.39, 0.29) is 6.61 Å². The quantitative estimate of drug-likeness (QED) is 0.0944. The van der Waals surface area contributed by atoms with Gasteiger partial charge < -0.3 is 14.8 Å². The Bertz CT molecular complexity index is 847. The number of unbranched alkanes of at least 4 members (excludes halogenated alkanes) is 5. The zero-order valence-electron chi connectivity index (χ0n) is 21.1. The van der Waals surface area contributed by atoms with Crippen LogP contribution >= 0.6 is 0 Å². The third-order valence-electron chi connectivity index (χ3n) is 5.32. The standard InChI is InChI=1S/C21H26F15NO4/c1-2-3-4-5-6-7-9-40-13(38)11-37-14(39)41-10-8-15(22,23)12-16(24,25)17(26,27)18(28,29)19(30,31)20(32,33)21(34,35)36/h2-12H2,1H3,(H,37,39). The number of alkyl halides is 15. The van der Waals surface area contributed by atoms with Crippen LogP contribution < -0.4 is 5.32 Å².